The van der Waals surface area contributed by atoms with Gasteiger partial charge in [0.05, 0.1) is 6.26 Å². The summed E-state index contributed by atoms with van der Waals surface area (Å²) in [5.74, 6) is 0.424. The highest BCUT2D eigenvalue weighted by Gasteiger charge is 2.30. The molecule has 22 heavy (non-hydrogen) atoms. The second-order valence-corrected chi connectivity index (χ2v) is 5.16. The second kappa shape index (κ2) is 6.58. The molecule has 0 spiro atoms. The van der Waals surface area contributed by atoms with E-state index in [0.29, 0.717) is 13.1 Å². The number of benzene rings is 1. The molecule has 0 bridgehead atoms. The summed E-state index contributed by atoms with van der Waals surface area (Å²) in [4.78, 5) is 14.3. The number of nitrogens with one attached hydrogen (secondary N) is 1. The Hall–Kier alpha value is -2.40. The number of nitrogens with zero attached hydrogens (tertiary/aromatic N) is 1. The Morgan fingerprint density at radius 1 is 1.32 bits per heavy atom. The first-order valence-electron chi connectivity index (χ1n) is 7.21. The number of amides is 1. The number of hydrogen-bond acceptors (Lipinski definition) is 3. The van der Waals surface area contributed by atoms with Gasteiger partial charge in [0.25, 0.3) is 0 Å². The Morgan fingerprint density at radius 2 is 2.14 bits per heavy atom. The van der Waals surface area contributed by atoms with Crippen molar-refractivity contribution in [1.82, 2.24) is 10.2 Å². The molecule has 2 heterocycles. The van der Waals surface area contributed by atoms with Crippen molar-refractivity contribution in [2.75, 3.05) is 19.6 Å². The second-order valence-electron chi connectivity index (χ2n) is 5.16. The van der Waals surface area contributed by atoms with E-state index in [4.69, 9.17) is 4.42 Å². The third-order valence-electron chi connectivity index (χ3n) is 3.66. The van der Waals surface area contributed by atoms with Gasteiger partial charge >= 0.3 is 0 Å². The molecule has 0 unspecified atom stereocenters. The Bertz CT molecular complexity index is 650. The molecule has 114 valence electrons. The summed E-state index contributed by atoms with van der Waals surface area (Å²) >= 11 is 0. The number of carbonyl (C=O) groups is 1. The van der Waals surface area contributed by atoms with E-state index in [1.807, 2.05) is 24.3 Å². The molecular weight excluding hydrogens is 283 g/mol. The van der Waals surface area contributed by atoms with Crippen molar-refractivity contribution >= 4 is 12.0 Å². The number of rotatable bonds is 4. The molecule has 0 radical (unpaired) electrons. The van der Waals surface area contributed by atoms with Gasteiger partial charge in [0, 0.05) is 19.6 Å². The minimum atomic E-state index is -0.393. The van der Waals surface area contributed by atoms with Crippen molar-refractivity contribution in [3.05, 3.63) is 65.9 Å². The molecule has 1 atom stereocenters. The lowest BCUT2D eigenvalue weighted by Gasteiger charge is -2.34. The number of furan rings is 1. The summed E-state index contributed by atoms with van der Waals surface area (Å²) in [6, 6.07) is 9.40. The van der Waals surface area contributed by atoms with Crippen molar-refractivity contribution in [2.24, 2.45) is 0 Å². The van der Waals surface area contributed by atoms with Gasteiger partial charge < -0.3 is 9.73 Å². The highest BCUT2D eigenvalue weighted by atomic mass is 19.1. The maximum Gasteiger partial charge on any atom is 0.242 e. The Morgan fingerprint density at radius 3 is 2.86 bits per heavy atom. The molecule has 2 aromatic rings. The van der Waals surface area contributed by atoms with Crippen molar-refractivity contribution < 1.29 is 13.6 Å². The molecule has 4 nitrogen and oxygen atoms in total. The van der Waals surface area contributed by atoms with Crippen molar-refractivity contribution in [3.63, 3.8) is 0 Å². The monoisotopic (exact) mass is 300 g/mol. The minimum absolute atomic E-state index is 0.0516. The Labute approximate surface area is 128 Å². The Balaban J connectivity index is 1.75. The van der Waals surface area contributed by atoms with Gasteiger partial charge in [-0.3, -0.25) is 9.69 Å². The third kappa shape index (κ3) is 3.26. The van der Waals surface area contributed by atoms with Crippen molar-refractivity contribution in [1.29, 1.82) is 0 Å². The van der Waals surface area contributed by atoms with E-state index in [1.165, 1.54) is 12.1 Å². The summed E-state index contributed by atoms with van der Waals surface area (Å²) in [5.41, 5.74) is 0.796. The van der Waals surface area contributed by atoms with Crippen LogP contribution in [0.25, 0.3) is 6.08 Å². The Kier molecular flexibility index (Phi) is 4.34. The van der Waals surface area contributed by atoms with Crippen LogP contribution in [-0.2, 0) is 4.79 Å². The van der Waals surface area contributed by atoms with Gasteiger partial charge in [0.15, 0.2) is 0 Å². The standard InChI is InChI=1S/C17H17FN2O2/c18-14-7-5-13(6-8-14)16-17(21)19-9-11-20(16)10-1-3-15-4-2-12-22-15/h1-8,12,16H,9-11H2,(H,19,21)/b3-1+/t16-/m1/s1. The van der Waals surface area contributed by atoms with E-state index < -0.39 is 6.04 Å². The number of halogens is 1. The van der Waals surface area contributed by atoms with Gasteiger partial charge in [-0.05, 0) is 35.9 Å². The van der Waals surface area contributed by atoms with E-state index in [1.54, 1.807) is 18.4 Å². The lowest BCUT2D eigenvalue weighted by atomic mass is 10.0. The molecule has 0 saturated carbocycles. The zero-order valence-corrected chi connectivity index (χ0v) is 12.0. The summed E-state index contributed by atoms with van der Waals surface area (Å²) < 4.78 is 18.3. The van der Waals surface area contributed by atoms with Gasteiger partial charge in [-0.25, -0.2) is 4.39 Å². The highest BCUT2D eigenvalue weighted by molar-refractivity contribution is 5.83. The molecule has 1 amide bonds. The van der Waals surface area contributed by atoms with E-state index in [0.717, 1.165) is 17.9 Å². The molecule has 5 heteroatoms. The van der Waals surface area contributed by atoms with E-state index in [9.17, 15) is 9.18 Å². The van der Waals surface area contributed by atoms with Gasteiger partial charge in [-0.15, -0.1) is 0 Å². The summed E-state index contributed by atoms with van der Waals surface area (Å²) in [6.45, 7) is 1.98. The zero-order valence-electron chi connectivity index (χ0n) is 12.0. The fourth-order valence-electron chi connectivity index (χ4n) is 2.61. The minimum Gasteiger partial charge on any atom is -0.465 e. The molecule has 1 aromatic heterocycles. The lowest BCUT2D eigenvalue weighted by molar-refractivity contribution is -0.128. The van der Waals surface area contributed by atoms with Crippen LogP contribution in [0.4, 0.5) is 4.39 Å². The predicted octanol–water partition coefficient (Wildman–Crippen LogP) is 2.61. The van der Waals surface area contributed by atoms with Gasteiger partial charge in [0.1, 0.15) is 17.6 Å². The molecular formula is C17H17FN2O2. The predicted molar refractivity (Wildman–Crippen MR) is 81.5 cm³/mol. The SMILES string of the molecule is O=C1NCCN(C/C=C/c2ccco2)[C@@H]1c1ccc(F)cc1. The molecule has 1 aromatic carbocycles. The zero-order chi connectivity index (χ0) is 15.4. The number of piperazine rings is 1. The first kappa shape index (κ1) is 14.5. The first-order valence-corrected chi connectivity index (χ1v) is 7.21. The van der Waals surface area contributed by atoms with Crippen molar-refractivity contribution in [3.8, 4) is 0 Å². The van der Waals surface area contributed by atoms with Crippen LogP contribution in [0.2, 0.25) is 0 Å². The maximum absolute atomic E-state index is 13.1. The smallest absolute Gasteiger partial charge is 0.242 e. The molecule has 1 aliphatic heterocycles. The quantitative estimate of drug-likeness (QED) is 0.944. The number of carbonyl (C=O) groups excluding carboxylic acids is 1. The van der Waals surface area contributed by atoms with E-state index in [2.05, 4.69) is 10.2 Å². The molecule has 1 N–H and O–H groups in total. The molecule has 1 aliphatic rings. The fourth-order valence-corrected chi connectivity index (χ4v) is 2.61. The largest absolute Gasteiger partial charge is 0.465 e. The van der Waals surface area contributed by atoms with Crippen LogP contribution >= 0.6 is 0 Å². The third-order valence-corrected chi connectivity index (χ3v) is 3.66. The van der Waals surface area contributed by atoms with E-state index >= 15 is 0 Å². The fraction of sp³-hybridized carbons (Fsp3) is 0.235. The number of hydrogen-bond donors (Lipinski definition) is 1. The molecule has 0 aliphatic carbocycles. The first-order chi connectivity index (χ1) is 10.7. The average Bonchev–Trinajstić information content (AvgIpc) is 3.02. The summed E-state index contributed by atoms with van der Waals surface area (Å²) in [5, 5.41) is 2.86. The molecule has 1 fully saturated rings. The summed E-state index contributed by atoms with van der Waals surface area (Å²) in [7, 11) is 0. The van der Waals surface area contributed by atoms with Crippen LogP contribution < -0.4 is 5.32 Å². The van der Waals surface area contributed by atoms with Crippen LogP contribution in [0.15, 0.2) is 53.2 Å². The van der Waals surface area contributed by atoms with Crippen LogP contribution in [0.3, 0.4) is 0 Å². The van der Waals surface area contributed by atoms with Gasteiger partial charge in [-0.2, -0.15) is 0 Å². The van der Waals surface area contributed by atoms with E-state index in [-0.39, 0.29) is 11.7 Å². The topological polar surface area (TPSA) is 45.5 Å². The van der Waals surface area contributed by atoms with Gasteiger partial charge in [0.2, 0.25) is 5.91 Å². The van der Waals surface area contributed by atoms with Crippen LogP contribution in [0.1, 0.15) is 17.4 Å². The van der Waals surface area contributed by atoms with Crippen LogP contribution in [0, 0.1) is 5.82 Å². The highest BCUT2D eigenvalue weighted by Crippen LogP contribution is 2.23. The average molecular weight is 300 g/mol. The van der Waals surface area contributed by atoms with Crippen LogP contribution in [-0.4, -0.2) is 30.4 Å². The normalized spacial score (nSPS) is 19.5. The van der Waals surface area contributed by atoms with Gasteiger partial charge in [-0.1, -0.05) is 18.2 Å². The maximum atomic E-state index is 13.1. The lowest BCUT2D eigenvalue weighted by Crippen LogP contribution is -2.49. The summed E-state index contributed by atoms with van der Waals surface area (Å²) in [6.07, 6.45) is 5.47. The molecule has 1 saturated heterocycles. The molecule has 3 rings (SSSR count). The van der Waals surface area contributed by atoms with Crippen molar-refractivity contribution in [2.45, 2.75) is 6.04 Å². The van der Waals surface area contributed by atoms with Crippen LogP contribution in [0.5, 0.6) is 0 Å².